The Kier molecular flexibility index (Phi) is 4.77. The molecule has 2 fully saturated rings. The Morgan fingerprint density at radius 2 is 2.18 bits per heavy atom. The van der Waals surface area contributed by atoms with E-state index in [0.717, 1.165) is 19.6 Å². The number of piperazine rings is 1. The molecule has 0 aromatic heterocycles. The number of rotatable bonds is 1. The standard InChI is InChI=1S/C11H19N3O2.ClH/c1-8-6-12-3-4-14(8)11(16)9-5-10(15)13(2)7-9;/h8-9,12H,3-7H2,1-2H3;1H/t8-,9?;/m0./s1. The fourth-order valence-electron chi connectivity index (χ4n) is 2.43. The Morgan fingerprint density at radius 3 is 2.71 bits per heavy atom. The Hall–Kier alpha value is -0.810. The maximum Gasteiger partial charge on any atom is 0.228 e. The molecule has 6 heteroatoms. The molecule has 2 aliphatic heterocycles. The van der Waals surface area contributed by atoms with Crippen LogP contribution in [0.5, 0.6) is 0 Å². The minimum Gasteiger partial charge on any atom is -0.345 e. The van der Waals surface area contributed by atoms with Gasteiger partial charge in [0.15, 0.2) is 0 Å². The summed E-state index contributed by atoms with van der Waals surface area (Å²) >= 11 is 0. The summed E-state index contributed by atoms with van der Waals surface area (Å²) in [6, 6.07) is 0.238. The molecule has 0 aromatic carbocycles. The van der Waals surface area contributed by atoms with Crippen LogP contribution in [0.1, 0.15) is 13.3 Å². The molecular formula is C11H20ClN3O2. The molecule has 17 heavy (non-hydrogen) atoms. The van der Waals surface area contributed by atoms with Crippen molar-refractivity contribution in [2.75, 3.05) is 33.2 Å². The molecule has 2 heterocycles. The second kappa shape index (κ2) is 5.69. The van der Waals surface area contributed by atoms with Gasteiger partial charge in [-0.2, -0.15) is 0 Å². The van der Waals surface area contributed by atoms with Gasteiger partial charge in [0.05, 0.1) is 5.92 Å². The molecule has 0 saturated carbocycles. The molecule has 2 saturated heterocycles. The molecule has 2 aliphatic rings. The highest BCUT2D eigenvalue weighted by atomic mass is 35.5. The first kappa shape index (κ1) is 14.3. The van der Waals surface area contributed by atoms with E-state index in [1.54, 1.807) is 11.9 Å². The van der Waals surface area contributed by atoms with E-state index in [4.69, 9.17) is 0 Å². The summed E-state index contributed by atoms with van der Waals surface area (Å²) in [5.74, 6) is 0.103. The van der Waals surface area contributed by atoms with Crippen LogP contribution in [0.3, 0.4) is 0 Å². The summed E-state index contributed by atoms with van der Waals surface area (Å²) in [5.41, 5.74) is 0. The number of nitrogens with one attached hydrogen (secondary N) is 1. The summed E-state index contributed by atoms with van der Waals surface area (Å²) < 4.78 is 0. The quantitative estimate of drug-likeness (QED) is 0.706. The SMILES string of the molecule is C[C@H]1CNCCN1C(=O)C1CC(=O)N(C)C1.Cl. The van der Waals surface area contributed by atoms with Gasteiger partial charge in [-0.15, -0.1) is 12.4 Å². The number of halogens is 1. The number of nitrogens with zero attached hydrogens (tertiary/aromatic N) is 2. The van der Waals surface area contributed by atoms with Gasteiger partial charge in [-0.05, 0) is 6.92 Å². The number of carbonyl (C=O) groups is 2. The Labute approximate surface area is 108 Å². The van der Waals surface area contributed by atoms with E-state index in [1.807, 2.05) is 11.8 Å². The van der Waals surface area contributed by atoms with Crippen LogP contribution in [0.15, 0.2) is 0 Å². The first-order chi connectivity index (χ1) is 7.59. The molecule has 0 radical (unpaired) electrons. The molecule has 0 aliphatic carbocycles. The maximum atomic E-state index is 12.2. The molecule has 2 amide bonds. The number of amides is 2. The lowest BCUT2D eigenvalue weighted by Crippen LogP contribution is -2.54. The first-order valence-corrected chi connectivity index (χ1v) is 5.84. The van der Waals surface area contributed by atoms with Crippen LogP contribution in [0.2, 0.25) is 0 Å². The van der Waals surface area contributed by atoms with E-state index in [1.165, 1.54) is 0 Å². The van der Waals surface area contributed by atoms with Crippen molar-refractivity contribution in [2.45, 2.75) is 19.4 Å². The van der Waals surface area contributed by atoms with Crippen LogP contribution in [0.25, 0.3) is 0 Å². The zero-order valence-electron chi connectivity index (χ0n) is 10.3. The van der Waals surface area contributed by atoms with E-state index in [9.17, 15) is 9.59 Å². The van der Waals surface area contributed by atoms with Crippen molar-refractivity contribution >= 4 is 24.2 Å². The Balaban J connectivity index is 0.00000144. The summed E-state index contributed by atoms with van der Waals surface area (Å²) in [6.45, 7) is 5.09. The van der Waals surface area contributed by atoms with E-state index >= 15 is 0 Å². The maximum absolute atomic E-state index is 12.2. The molecule has 2 rings (SSSR count). The summed E-state index contributed by atoms with van der Waals surface area (Å²) in [4.78, 5) is 27.2. The second-order valence-electron chi connectivity index (χ2n) is 4.76. The fraction of sp³-hybridized carbons (Fsp3) is 0.818. The highest BCUT2D eigenvalue weighted by Crippen LogP contribution is 2.20. The number of carbonyl (C=O) groups excluding carboxylic acids is 2. The molecule has 1 N–H and O–H groups in total. The fourth-order valence-corrected chi connectivity index (χ4v) is 2.43. The minimum absolute atomic E-state index is 0. The lowest BCUT2D eigenvalue weighted by Gasteiger charge is -2.35. The van der Waals surface area contributed by atoms with Crippen LogP contribution < -0.4 is 5.32 Å². The van der Waals surface area contributed by atoms with Crippen molar-refractivity contribution < 1.29 is 9.59 Å². The van der Waals surface area contributed by atoms with Gasteiger partial charge in [0.25, 0.3) is 0 Å². The average molecular weight is 262 g/mol. The molecule has 1 unspecified atom stereocenters. The smallest absolute Gasteiger partial charge is 0.228 e. The van der Waals surface area contributed by atoms with Crippen molar-refractivity contribution in [3.05, 3.63) is 0 Å². The molecule has 0 bridgehead atoms. The third kappa shape index (κ3) is 2.90. The van der Waals surface area contributed by atoms with Gasteiger partial charge in [-0.25, -0.2) is 0 Å². The van der Waals surface area contributed by atoms with Crippen LogP contribution in [0, 0.1) is 5.92 Å². The topological polar surface area (TPSA) is 52.7 Å². The predicted molar refractivity (Wildman–Crippen MR) is 67.0 cm³/mol. The van der Waals surface area contributed by atoms with Crippen molar-refractivity contribution in [1.29, 1.82) is 0 Å². The van der Waals surface area contributed by atoms with Gasteiger partial charge < -0.3 is 15.1 Å². The van der Waals surface area contributed by atoms with Gasteiger partial charge in [-0.1, -0.05) is 0 Å². The van der Waals surface area contributed by atoms with E-state index < -0.39 is 0 Å². The highest BCUT2D eigenvalue weighted by Gasteiger charge is 2.36. The second-order valence-corrected chi connectivity index (χ2v) is 4.76. The third-order valence-electron chi connectivity index (χ3n) is 3.47. The van der Waals surface area contributed by atoms with Gasteiger partial charge in [0.2, 0.25) is 11.8 Å². The van der Waals surface area contributed by atoms with Gasteiger partial charge >= 0.3 is 0 Å². The lowest BCUT2D eigenvalue weighted by atomic mass is 10.1. The number of likely N-dealkylation sites (tertiary alicyclic amines) is 1. The minimum atomic E-state index is -0.127. The van der Waals surface area contributed by atoms with Crippen LogP contribution in [-0.4, -0.2) is 60.9 Å². The summed E-state index contributed by atoms with van der Waals surface area (Å²) in [5, 5.41) is 3.26. The Bertz CT molecular complexity index is 311. The summed E-state index contributed by atoms with van der Waals surface area (Å²) in [7, 11) is 1.76. The van der Waals surface area contributed by atoms with Crippen LogP contribution >= 0.6 is 12.4 Å². The molecule has 2 atom stereocenters. The number of hydrogen-bond acceptors (Lipinski definition) is 3. The van der Waals surface area contributed by atoms with Crippen molar-refractivity contribution in [2.24, 2.45) is 5.92 Å². The molecule has 0 spiro atoms. The zero-order valence-corrected chi connectivity index (χ0v) is 11.1. The first-order valence-electron chi connectivity index (χ1n) is 5.84. The van der Waals surface area contributed by atoms with E-state index in [2.05, 4.69) is 5.32 Å². The predicted octanol–water partition coefficient (Wildman–Crippen LogP) is -0.293. The van der Waals surface area contributed by atoms with Crippen molar-refractivity contribution in [3.8, 4) is 0 Å². The highest BCUT2D eigenvalue weighted by molar-refractivity contribution is 5.89. The van der Waals surface area contributed by atoms with Gasteiger partial charge in [-0.3, -0.25) is 9.59 Å². The lowest BCUT2D eigenvalue weighted by molar-refractivity contribution is -0.138. The van der Waals surface area contributed by atoms with Crippen LogP contribution in [0.4, 0.5) is 0 Å². The molecule has 98 valence electrons. The van der Waals surface area contributed by atoms with Gasteiger partial charge in [0.1, 0.15) is 0 Å². The molecular weight excluding hydrogens is 242 g/mol. The summed E-state index contributed by atoms with van der Waals surface area (Å²) in [6.07, 6.45) is 0.381. The number of hydrogen-bond donors (Lipinski definition) is 1. The van der Waals surface area contributed by atoms with E-state index in [-0.39, 0.29) is 36.2 Å². The molecule has 0 aromatic rings. The normalized spacial score (nSPS) is 29.2. The molecule has 5 nitrogen and oxygen atoms in total. The zero-order chi connectivity index (χ0) is 11.7. The van der Waals surface area contributed by atoms with Crippen LogP contribution in [-0.2, 0) is 9.59 Å². The van der Waals surface area contributed by atoms with Gasteiger partial charge in [0, 0.05) is 45.7 Å². The van der Waals surface area contributed by atoms with Crippen molar-refractivity contribution in [1.82, 2.24) is 15.1 Å². The average Bonchev–Trinajstić information content (AvgIpc) is 2.59. The Morgan fingerprint density at radius 1 is 1.47 bits per heavy atom. The largest absolute Gasteiger partial charge is 0.345 e. The third-order valence-corrected chi connectivity index (χ3v) is 3.47. The van der Waals surface area contributed by atoms with Crippen molar-refractivity contribution in [3.63, 3.8) is 0 Å². The van der Waals surface area contributed by atoms with E-state index in [0.29, 0.717) is 13.0 Å². The monoisotopic (exact) mass is 261 g/mol.